The zero-order chi connectivity index (χ0) is 24.7. The minimum absolute atomic E-state index is 0.221. The molecule has 0 aliphatic carbocycles. The maximum Gasteiger partial charge on any atom is 0.460 e. The van der Waals surface area contributed by atoms with Crippen molar-refractivity contribution < 1.29 is 62.2 Å². The van der Waals surface area contributed by atoms with E-state index in [2.05, 4.69) is 15.9 Å². The number of benzene rings is 1. The van der Waals surface area contributed by atoms with Crippen molar-refractivity contribution in [3.63, 3.8) is 0 Å². The summed E-state index contributed by atoms with van der Waals surface area (Å²) in [6, 6.07) is 7.04. The van der Waals surface area contributed by atoms with Crippen molar-refractivity contribution in [3.05, 3.63) is 40.4 Å². The third kappa shape index (κ3) is 4.66. The lowest BCUT2D eigenvalue weighted by Gasteiger charge is -2.40. The van der Waals surface area contributed by atoms with Gasteiger partial charge in [0.15, 0.2) is 0 Å². The molecule has 1 aromatic carbocycles. The first-order chi connectivity index (χ1) is 13.6. The predicted octanol–water partition coefficient (Wildman–Crippen LogP) is 6.91. The van der Waals surface area contributed by atoms with E-state index in [4.69, 9.17) is 0 Å². The Kier molecular flexibility index (Phi) is 7.50. The highest BCUT2D eigenvalue weighted by Crippen LogP contribution is 2.60. The summed E-state index contributed by atoms with van der Waals surface area (Å²) < 4.78 is 169. The second kappa shape index (κ2) is 8.45. The molecule has 0 spiro atoms. The van der Waals surface area contributed by atoms with E-state index in [1.165, 1.54) is 30.3 Å². The lowest BCUT2D eigenvalue weighted by atomic mass is 9.90. The molecular weight excluding hydrogens is 535 g/mol. The summed E-state index contributed by atoms with van der Waals surface area (Å²) in [5, 5.41) is 9.26. The van der Waals surface area contributed by atoms with Crippen LogP contribution in [-0.4, -0.2) is 47.0 Å². The van der Waals surface area contributed by atoms with Gasteiger partial charge in [0.25, 0.3) is 0 Å². The Morgan fingerprint density at radius 2 is 1.16 bits per heavy atom. The first kappa shape index (κ1) is 27.5. The number of aliphatic hydroxyl groups is 1. The Morgan fingerprint density at radius 3 is 1.58 bits per heavy atom. The highest BCUT2D eigenvalue weighted by molar-refractivity contribution is 9.11. The minimum Gasteiger partial charge on any atom is -0.386 e. The highest BCUT2D eigenvalue weighted by Gasteiger charge is 2.91. The average molecular weight is 545 g/mol. The Balaban J connectivity index is 3.31. The van der Waals surface area contributed by atoms with Crippen molar-refractivity contribution in [3.8, 4) is 0 Å². The SMILES string of the molecule is OC(C/C(Br)=C/c1ccccc1)C(F)(F)C(F)(F)C(F)(F)C(F)(F)C(F)(F)C(F)(F)F. The quantitative estimate of drug-likeness (QED) is 0.352. The normalized spacial score (nSPS) is 16.4. The van der Waals surface area contributed by atoms with Crippen LogP contribution in [0, 0.1) is 0 Å². The topological polar surface area (TPSA) is 20.2 Å². The molecule has 31 heavy (non-hydrogen) atoms. The molecular formula is C16H10BrF13O. The van der Waals surface area contributed by atoms with Crippen LogP contribution in [0.25, 0.3) is 6.08 Å². The van der Waals surface area contributed by atoms with Crippen molar-refractivity contribution in [2.45, 2.75) is 48.3 Å². The Hall–Kier alpha value is -1.51. The Morgan fingerprint density at radius 1 is 0.742 bits per heavy atom. The molecule has 0 heterocycles. The van der Waals surface area contributed by atoms with Crippen LogP contribution in [0.5, 0.6) is 0 Å². The standard InChI is InChI=1S/C16H10BrF13O/c17-9(6-8-4-2-1-3-5-8)7-10(31)11(18,19)12(20,21)13(22,23)14(24,25)15(26,27)16(28,29)30/h1-6,10,31H,7H2/b9-6-. The van der Waals surface area contributed by atoms with Crippen LogP contribution >= 0.6 is 15.9 Å². The van der Waals surface area contributed by atoms with E-state index in [-0.39, 0.29) is 5.56 Å². The van der Waals surface area contributed by atoms with E-state index in [1.54, 1.807) is 0 Å². The number of aliphatic hydroxyl groups excluding tert-OH is 1. The average Bonchev–Trinajstić information content (AvgIpc) is 2.60. The molecule has 0 aromatic heterocycles. The van der Waals surface area contributed by atoms with Gasteiger partial charge in [-0.2, -0.15) is 57.1 Å². The minimum atomic E-state index is -8.00. The molecule has 0 saturated carbocycles. The van der Waals surface area contributed by atoms with Crippen LogP contribution in [0.1, 0.15) is 12.0 Å². The molecule has 1 rings (SSSR count). The molecule has 0 aliphatic heterocycles. The lowest BCUT2D eigenvalue weighted by molar-refractivity contribution is -0.444. The molecule has 0 amide bonds. The van der Waals surface area contributed by atoms with Gasteiger partial charge in [-0.3, -0.25) is 0 Å². The summed E-state index contributed by atoms with van der Waals surface area (Å²) in [4.78, 5) is 0. The fourth-order valence-corrected chi connectivity index (χ4v) is 2.66. The van der Waals surface area contributed by atoms with Crippen LogP contribution < -0.4 is 0 Å². The Bertz CT molecular complexity index is 786. The molecule has 1 nitrogen and oxygen atoms in total. The summed E-state index contributed by atoms with van der Waals surface area (Å²) in [6.45, 7) is 0. The van der Waals surface area contributed by atoms with Crippen LogP contribution in [0.15, 0.2) is 34.8 Å². The van der Waals surface area contributed by atoms with Gasteiger partial charge in [0, 0.05) is 6.42 Å². The zero-order valence-electron chi connectivity index (χ0n) is 14.5. The molecule has 0 saturated heterocycles. The maximum absolute atomic E-state index is 13.8. The van der Waals surface area contributed by atoms with Gasteiger partial charge >= 0.3 is 35.8 Å². The Labute approximate surface area is 173 Å². The number of alkyl halides is 13. The largest absolute Gasteiger partial charge is 0.460 e. The van der Waals surface area contributed by atoms with Gasteiger partial charge in [-0.25, -0.2) is 0 Å². The predicted molar refractivity (Wildman–Crippen MR) is 84.8 cm³/mol. The molecule has 1 atom stereocenters. The fourth-order valence-electron chi connectivity index (χ4n) is 2.09. The fraction of sp³-hybridized carbons (Fsp3) is 0.500. The number of rotatable bonds is 8. The van der Waals surface area contributed by atoms with Gasteiger partial charge in [-0.1, -0.05) is 46.3 Å². The van der Waals surface area contributed by atoms with Crippen molar-refractivity contribution in [2.75, 3.05) is 0 Å². The van der Waals surface area contributed by atoms with Crippen LogP contribution in [0.4, 0.5) is 57.1 Å². The molecule has 1 aromatic rings. The van der Waals surface area contributed by atoms with Gasteiger partial charge in [0.05, 0.1) is 0 Å². The van der Waals surface area contributed by atoms with E-state index in [0.29, 0.717) is 0 Å². The second-order valence-corrected chi connectivity index (χ2v) is 7.16. The maximum atomic E-state index is 13.8. The molecule has 1 N–H and O–H groups in total. The summed E-state index contributed by atoms with van der Waals surface area (Å²) in [7, 11) is 0. The number of hydrogen-bond acceptors (Lipinski definition) is 1. The van der Waals surface area contributed by atoms with E-state index in [1.807, 2.05) is 0 Å². The van der Waals surface area contributed by atoms with Gasteiger partial charge in [-0.05, 0) is 16.1 Å². The van der Waals surface area contributed by atoms with Gasteiger partial charge in [0.1, 0.15) is 6.10 Å². The van der Waals surface area contributed by atoms with Gasteiger partial charge in [-0.15, -0.1) is 0 Å². The van der Waals surface area contributed by atoms with Crippen LogP contribution in [0.3, 0.4) is 0 Å². The van der Waals surface area contributed by atoms with Crippen molar-refractivity contribution in [1.82, 2.24) is 0 Å². The molecule has 178 valence electrons. The molecule has 0 bridgehead atoms. The molecule has 0 fully saturated rings. The monoisotopic (exact) mass is 544 g/mol. The summed E-state index contributed by atoms with van der Waals surface area (Å²) in [6.07, 6.45) is -12.1. The van der Waals surface area contributed by atoms with Crippen molar-refractivity contribution >= 4 is 22.0 Å². The van der Waals surface area contributed by atoms with Gasteiger partial charge < -0.3 is 5.11 Å². The summed E-state index contributed by atoms with van der Waals surface area (Å²) in [5.41, 5.74) is 0.221. The van der Waals surface area contributed by atoms with Crippen LogP contribution in [-0.2, 0) is 0 Å². The number of halogens is 14. The first-order valence-corrected chi connectivity index (χ1v) is 8.49. The van der Waals surface area contributed by atoms with Crippen molar-refractivity contribution in [1.29, 1.82) is 0 Å². The molecule has 0 aliphatic rings. The number of hydrogen-bond donors (Lipinski definition) is 1. The van der Waals surface area contributed by atoms with E-state index < -0.39 is 52.8 Å². The molecule has 1 unspecified atom stereocenters. The highest BCUT2D eigenvalue weighted by atomic mass is 79.9. The molecule has 0 radical (unpaired) electrons. The van der Waals surface area contributed by atoms with Crippen LogP contribution in [0.2, 0.25) is 0 Å². The third-order valence-corrected chi connectivity index (χ3v) is 4.44. The van der Waals surface area contributed by atoms with E-state index in [0.717, 1.165) is 6.08 Å². The zero-order valence-corrected chi connectivity index (χ0v) is 16.1. The van der Waals surface area contributed by atoms with Gasteiger partial charge in [0.2, 0.25) is 0 Å². The lowest BCUT2D eigenvalue weighted by Crippen LogP contribution is -2.71. The summed E-state index contributed by atoms with van der Waals surface area (Å²) >= 11 is 2.54. The second-order valence-electron chi connectivity index (χ2n) is 6.14. The third-order valence-electron chi connectivity index (χ3n) is 3.89. The molecule has 15 heteroatoms. The smallest absolute Gasteiger partial charge is 0.386 e. The van der Waals surface area contributed by atoms with E-state index in [9.17, 15) is 62.2 Å². The first-order valence-electron chi connectivity index (χ1n) is 7.69. The summed E-state index contributed by atoms with van der Waals surface area (Å²) in [5.74, 6) is -37.8. The van der Waals surface area contributed by atoms with Crippen molar-refractivity contribution in [2.24, 2.45) is 0 Å². The van der Waals surface area contributed by atoms with E-state index >= 15 is 0 Å².